The third kappa shape index (κ3) is 4.73. The highest BCUT2D eigenvalue weighted by molar-refractivity contribution is 7.80. The van der Waals surface area contributed by atoms with Crippen molar-refractivity contribution in [2.45, 2.75) is 54.8 Å². The Balaban J connectivity index is 2.29. The second kappa shape index (κ2) is 8.46. The lowest BCUT2D eigenvalue weighted by Crippen LogP contribution is -2.62. The lowest BCUT2D eigenvalue weighted by Gasteiger charge is -2.43. The zero-order valence-electron chi connectivity index (χ0n) is 13.7. The smallest absolute Gasteiger partial charge is 0.394 e. The summed E-state index contributed by atoms with van der Waals surface area (Å²) in [5.41, 5.74) is 0. The Morgan fingerprint density at radius 3 is 1.96 bits per heavy atom. The highest BCUT2D eigenvalue weighted by atomic mass is 32.3. The van der Waals surface area contributed by atoms with Gasteiger partial charge < -0.3 is 50.0 Å². The van der Waals surface area contributed by atoms with Crippen molar-refractivity contribution in [1.29, 1.82) is 0 Å². The third-order valence-corrected chi connectivity index (χ3v) is 4.67. The monoisotopic (exact) mass is 422 g/mol. The van der Waals surface area contributed by atoms with Gasteiger partial charge in [-0.1, -0.05) is 0 Å². The van der Waals surface area contributed by atoms with Crippen molar-refractivity contribution in [1.82, 2.24) is 0 Å². The normalized spacial score (nSPS) is 45.9. The van der Waals surface area contributed by atoms with Gasteiger partial charge in [0.05, 0.1) is 13.2 Å². The van der Waals surface area contributed by atoms with Crippen LogP contribution in [-0.4, -0.2) is 123 Å². The molecule has 160 valence electrons. The zero-order chi connectivity index (χ0) is 20.6. The number of ether oxygens (including phenoxy) is 3. The van der Waals surface area contributed by atoms with Crippen LogP contribution in [0.4, 0.5) is 0 Å². The summed E-state index contributed by atoms with van der Waals surface area (Å²) in [6.45, 7) is -2.87. The molecule has 9 unspecified atom stereocenters. The van der Waals surface area contributed by atoms with E-state index in [0.717, 1.165) is 0 Å². The average molecular weight is 422 g/mol. The second-order valence-corrected chi connectivity index (χ2v) is 7.18. The summed E-state index contributed by atoms with van der Waals surface area (Å²) in [7, 11) is -5.05. The van der Waals surface area contributed by atoms with E-state index in [1.807, 2.05) is 0 Å². The van der Waals surface area contributed by atoms with Gasteiger partial charge >= 0.3 is 10.4 Å². The van der Waals surface area contributed by atoms with E-state index >= 15 is 0 Å². The van der Waals surface area contributed by atoms with Crippen LogP contribution in [0.2, 0.25) is 0 Å². The molecular formula is C12H22O14S. The quantitative estimate of drug-likeness (QED) is 0.179. The first-order valence-corrected chi connectivity index (χ1v) is 9.07. The maximum atomic E-state index is 10.9. The van der Waals surface area contributed by atoms with Crippen LogP contribution in [-0.2, 0) is 28.8 Å². The standard InChI is InChI=1S/C12H22O14S/c13-1-4-6(15)8(17)9(18)11(24-4)26-12(3-23-27(20,21)22)10(19)7(16)5(2-14)25-12/h4-11,13-19H,1-3H2,(H,20,21,22). The molecule has 0 aromatic carbocycles. The van der Waals surface area contributed by atoms with Gasteiger partial charge in [-0.3, -0.25) is 4.55 Å². The van der Waals surface area contributed by atoms with Crippen LogP contribution in [0.5, 0.6) is 0 Å². The molecule has 8 N–H and O–H groups in total. The predicted octanol–water partition coefficient (Wildman–Crippen LogP) is -5.57. The number of rotatable bonds is 7. The lowest BCUT2D eigenvalue weighted by atomic mass is 9.99. The van der Waals surface area contributed by atoms with Crippen LogP contribution in [0, 0.1) is 0 Å². The van der Waals surface area contributed by atoms with Crippen molar-refractivity contribution < 1.29 is 67.1 Å². The van der Waals surface area contributed by atoms with E-state index in [1.165, 1.54) is 0 Å². The van der Waals surface area contributed by atoms with Gasteiger partial charge in [0.1, 0.15) is 49.3 Å². The lowest BCUT2D eigenvalue weighted by molar-refractivity contribution is -0.382. The Hall–Kier alpha value is -0.530. The number of hydrogen-bond acceptors (Lipinski definition) is 13. The van der Waals surface area contributed by atoms with Crippen molar-refractivity contribution in [3.05, 3.63) is 0 Å². The summed E-state index contributed by atoms with van der Waals surface area (Å²) in [4.78, 5) is 0. The molecule has 0 spiro atoms. The molecule has 27 heavy (non-hydrogen) atoms. The Morgan fingerprint density at radius 1 is 0.889 bits per heavy atom. The molecule has 0 bridgehead atoms. The van der Waals surface area contributed by atoms with Crippen LogP contribution >= 0.6 is 0 Å². The van der Waals surface area contributed by atoms with Gasteiger partial charge in [-0.15, -0.1) is 0 Å². The van der Waals surface area contributed by atoms with Crippen molar-refractivity contribution >= 4 is 10.4 Å². The maximum Gasteiger partial charge on any atom is 0.397 e. The molecule has 0 amide bonds. The van der Waals surface area contributed by atoms with Gasteiger partial charge in [0.15, 0.2) is 6.29 Å². The second-order valence-electron chi connectivity index (χ2n) is 6.09. The fourth-order valence-electron chi connectivity index (χ4n) is 2.77. The Kier molecular flexibility index (Phi) is 7.13. The summed E-state index contributed by atoms with van der Waals surface area (Å²) >= 11 is 0. The average Bonchev–Trinajstić information content (AvgIpc) is 2.85. The van der Waals surface area contributed by atoms with Crippen LogP contribution in [0.15, 0.2) is 0 Å². The molecular weight excluding hydrogens is 400 g/mol. The molecule has 0 saturated carbocycles. The topological polar surface area (TPSA) is 233 Å². The molecule has 0 radical (unpaired) electrons. The molecule has 2 heterocycles. The fourth-order valence-corrected chi connectivity index (χ4v) is 3.09. The fraction of sp³-hybridized carbons (Fsp3) is 1.00. The first-order valence-electron chi connectivity index (χ1n) is 7.70. The minimum absolute atomic E-state index is 0.801. The van der Waals surface area contributed by atoms with Crippen molar-refractivity contribution in [3.8, 4) is 0 Å². The number of aliphatic hydroxyl groups is 7. The number of hydrogen-bond donors (Lipinski definition) is 8. The molecule has 14 nitrogen and oxygen atoms in total. The number of aliphatic hydroxyl groups excluding tert-OH is 7. The Labute approximate surface area is 153 Å². The van der Waals surface area contributed by atoms with Crippen LogP contribution in [0.1, 0.15) is 0 Å². The molecule has 2 fully saturated rings. The molecule has 0 aromatic rings. The minimum Gasteiger partial charge on any atom is -0.394 e. The highest BCUT2D eigenvalue weighted by Gasteiger charge is 2.59. The van der Waals surface area contributed by atoms with E-state index in [4.69, 9.17) is 23.9 Å². The summed E-state index contributed by atoms with van der Waals surface area (Å²) in [5, 5.41) is 68.0. The Bertz CT molecular complexity index is 597. The minimum atomic E-state index is -5.05. The summed E-state index contributed by atoms with van der Waals surface area (Å²) in [6, 6.07) is 0. The summed E-state index contributed by atoms with van der Waals surface area (Å²) < 4.78 is 50.0. The SMILES string of the molecule is O=S(=O)(O)OCC1(OC2OC(CO)C(O)C(O)C2O)OC(CO)C(O)C1O. The molecule has 15 heteroatoms. The van der Waals surface area contributed by atoms with Crippen molar-refractivity contribution in [2.75, 3.05) is 19.8 Å². The van der Waals surface area contributed by atoms with E-state index in [9.17, 15) is 39.1 Å². The molecule has 2 saturated heterocycles. The van der Waals surface area contributed by atoms with Gasteiger partial charge in [0.2, 0.25) is 5.79 Å². The molecule has 0 aliphatic carbocycles. The van der Waals surface area contributed by atoms with E-state index in [0.29, 0.717) is 0 Å². The van der Waals surface area contributed by atoms with E-state index in [1.54, 1.807) is 0 Å². The van der Waals surface area contributed by atoms with Gasteiger partial charge in [0, 0.05) is 0 Å². The molecule has 9 atom stereocenters. The van der Waals surface area contributed by atoms with E-state index < -0.39 is 85.0 Å². The molecule has 2 aliphatic heterocycles. The summed E-state index contributed by atoms with van der Waals surface area (Å²) in [6.07, 6.45) is -14.1. The van der Waals surface area contributed by atoms with Crippen molar-refractivity contribution in [3.63, 3.8) is 0 Å². The van der Waals surface area contributed by atoms with Crippen molar-refractivity contribution in [2.24, 2.45) is 0 Å². The molecule has 2 aliphatic rings. The highest BCUT2D eigenvalue weighted by Crippen LogP contribution is 2.36. The maximum absolute atomic E-state index is 10.9. The van der Waals surface area contributed by atoms with Crippen LogP contribution in [0.3, 0.4) is 0 Å². The van der Waals surface area contributed by atoms with Gasteiger partial charge in [-0.2, -0.15) is 8.42 Å². The largest absolute Gasteiger partial charge is 0.397 e. The van der Waals surface area contributed by atoms with Gasteiger partial charge in [0.25, 0.3) is 0 Å². The first kappa shape index (κ1) is 22.8. The third-order valence-electron chi connectivity index (χ3n) is 4.26. The predicted molar refractivity (Wildman–Crippen MR) is 79.1 cm³/mol. The first-order chi connectivity index (χ1) is 12.5. The van der Waals surface area contributed by atoms with E-state index in [-0.39, 0.29) is 0 Å². The Morgan fingerprint density at radius 2 is 1.48 bits per heavy atom. The molecule has 2 rings (SSSR count). The zero-order valence-corrected chi connectivity index (χ0v) is 14.5. The van der Waals surface area contributed by atoms with Crippen LogP contribution < -0.4 is 0 Å². The summed E-state index contributed by atoms with van der Waals surface area (Å²) in [5.74, 6) is -2.57. The molecule has 0 aromatic heterocycles. The van der Waals surface area contributed by atoms with Crippen LogP contribution in [0.25, 0.3) is 0 Å². The van der Waals surface area contributed by atoms with Gasteiger partial charge in [-0.25, -0.2) is 4.18 Å². The van der Waals surface area contributed by atoms with E-state index in [2.05, 4.69) is 4.18 Å². The van der Waals surface area contributed by atoms with Gasteiger partial charge in [-0.05, 0) is 0 Å².